The van der Waals surface area contributed by atoms with Gasteiger partial charge in [0.15, 0.2) is 5.82 Å². The molecule has 5 heterocycles. The Morgan fingerprint density at radius 3 is 2.44 bits per heavy atom. The number of halogens is 3. The maximum atomic E-state index is 13.2. The van der Waals surface area contributed by atoms with Crippen LogP contribution in [0.2, 0.25) is 15.1 Å². The molecule has 57 heavy (non-hydrogen) atoms. The summed E-state index contributed by atoms with van der Waals surface area (Å²) < 4.78 is 19.2. The van der Waals surface area contributed by atoms with Crippen molar-refractivity contribution in [1.29, 1.82) is 0 Å². The van der Waals surface area contributed by atoms with Gasteiger partial charge in [-0.15, -0.1) is 21.5 Å². The molecule has 0 bridgehead atoms. The molecule has 0 radical (unpaired) electrons. The van der Waals surface area contributed by atoms with Crippen molar-refractivity contribution in [3.8, 4) is 5.00 Å². The van der Waals surface area contributed by atoms with Gasteiger partial charge in [-0.2, -0.15) is 5.10 Å². The Kier molecular flexibility index (Phi) is 13.6. The Labute approximate surface area is 350 Å². The smallest absolute Gasteiger partial charge is 0.239 e. The number of aliphatic imine (C=N–C) groups is 1. The second-order valence-corrected chi connectivity index (χ2v) is 16.4. The summed E-state index contributed by atoms with van der Waals surface area (Å²) in [7, 11) is 0. The number of benzene rings is 2. The largest absolute Gasteiger partial charge is 0.377 e. The first-order valence-corrected chi connectivity index (χ1v) is 20.7. The molecule has 0 unspecified atom stereocenters. The number of ether oxygens (including phenoxy) is 3. The fourth-order valence-corrected chi connectivity index (χ4v) is 8.41. The lowest BCUT2D eigenvalue weighted by atomic mass is 9.99. The summed E-state index contributed by atoms with van der Waals surface area (Å²) in [6, 6.07) is 12.4. The highest BCUT2D eigenvalue weighted by molar-refractivity contribution is 7.15. The van der Waals surface area contributed by atoms with E-state index in [1.54, 1.807) is 28.5 Å². The average Bonchev–Trinajstić information content (AvgIpc) is 3.85. The van der Waals surface area contributed by atoms with Crippen molar-refractivity contribution in [3.63, 3.8) is 0 Å². The first-order valence-electron chi connectivity index (χ1n) is 18.8. The van der Waals surface area contributed by atoms with Gasteiger partial charge in [0.1, 0.15) is 22.7 Å². The van der Waals surface area contributed by atoms with Crippen molar-refractivity contribution >= 4 is 75.2 Å². The number of carbonyl (C=O) groups excluding carboxylic acids is 2. The minimum atomic E-state index is -0.540. The van der Waals surface area contributed by atoms with E-state index in [1.165, 1.54) is 4.88 Å². The van der Waals surface area contributed by atoms with Gasteiger partial charge in [-0.3, -0.25) is 29.1 Å². The van der Waals surface area contributed by atoms with E-state index >= 15 is 0 Å². The molecule has 0 saturated carbocycles. The lowest BCUT2D eigenvalue weighted by Gasteiger charge is -2.38. The Bertz CT molecular complexity index is 2150. The minimum absolute atomic E-state index is 0.0597. The Balaban J connectivity index is 0.762. The van der Waals surface area contributed by atoms with Crippen molar-refractivity contribution in [2.75, 3.05) is 70.8 Å². The number of hydrogen-bond donors (Lipinski definition) is 2. The molecule has 3 aliphatic heterocycles. The highest BCUT2D eigenvalue weighted by Gasteiger charge is 2.33. The van der Waals surface area contributed by atoms with Gasteiger partial charge in [0, 0.05) is 53.6 Å². The number of amidine groups is 1. The molecular formula is C39H44Cl3N9O5S. The van der Waals surface area contributed by atoms with E-state index in [9.17, 15) is 9.59 Å². The number of aromatic nitrogens is 3. The number of carbonyl (C=O) groups is 2. The number of nitrogens with one attached hydrogen (secondary N) is 2. The Morgan fingerprint density at radius 1 is 0.912 bits per heavy atom. The molecule has 7 rings (SSSR count). The predicted octanol–water partition coefficient (Wildman–Crippen LogP) is 5.69. The average molecular weight is 857 g/mol. The first kappa shape index (κ1) is 41.2. The normalized spacial score (nSPS) is 16.7. The maximum Gasteiger partial charge on any atom is 0.239 e. The van der Waals surface area contributed by atoms with E-state index in [1.807, 2.05) is 46.7 Å². The van der Waals surface area contributed by atoms with Gasteiger partial charge in [0.05, 0.1) is 73.5 Å². The van der Waals surface area contributed by atoms with E-state index in [-0.39, 0.29) is 30.9 Å². The Hall–Kier alpha value is -3.93. The van der Waals surface area contributed by atoms with Crippen molar-refractivity contribution in [2.45, 2.75) is 45.8 Å². The standard InChI is InChI=1S/C39H44Cl3N9O5S/c1-23-24(2)57-39-36(23)37(26-4-6-27(40)7-5-26)44-32(38-47-46-25(3)51(38)39)19-34(52)43-11-13-54-14-15-55-16-17-56-29-20-49(21-29)22-35(53)45-33-10-12-50(48-33)28-8-9-30(41)31(42)18-28/h4-9,18,29,32H,10-17,19-22H2,1-3H3,(H,43,52)(H,45,48,53)/t32-/m0/s1. The number of hydrogen-bond acceptors (Lipinski definition) is 12. The second-order valence-electron chi connectivity index (χ2n) is 13.9. The van der Waals surface area contributed by atoms with Crippen LogP contribution >= 0.6 is 46.1 Å². The zero-order chi connectivity index (χ0) is 40.1. The van der Waals surface area contributed by atoms with Crippen molar-refractivity contribution in [1.82, 2.24) is 30.3 Å². The van der Waals surface area contributed by atoms with Crippen LogP contribution in [0.1, 0.15) is 52.1 Å². The van der Waals surface area contributed by atoms with E-state index < -0.39 is 6.04 Å². The minimum Gasteiger partial charge on any atom is -0.377 e. The second kappa shape index (κ2) is 18.8. The summed E-state index contributed by atoms with van der Waals surface area (Å²) in [4.78, 5) is 34.1. The zero-order valence-corrected chi connectivity index (χ0v) is 35.0. The summed E-state index contributed by atoms with van der Waals surface area (Å²) in [6.45, 7) is 10.8. The number of anilines is 1. The van der Waals surface area contributed by atoms with Crippen LogP contribution in [0.15, 0.2) is 52.6 Å². The summed E-state index contributed by atoms with van der Waals surface area (Å²) in [6.07, 6.45) is 0.796. The number of hydrazone groups is 1. The molecule has 1 fully saturated rings. The van der Waals surface area contributed by atoms with Crippen molar-refractivity contribution < 1.29 is 23.8 Å². The first-order chi connectivity index (χ1) is 27.5. The van der Waals surface area contributed by atoms with E-state index in [0.717, 1.165) is 38.9 Å². The highest BCUT2D eigenvalue weighted by atomic mass is 35.5. The molecule has 0 spiro atoms. The summed E-state index contributed by atoms with van der Waals surface area (Å²) in [5.74, 6) is 1.74. The fraction of sp³-hybridized carbons (Fsp3) is 0.436. The zero-order valence-electron chi connectivity index (χ0n) is 31.9. The molecule has 2 amide bonds. The van der Waals surface area contributed by atoms with Gasteiger partial charge in [-0.1, -0.05) is 46.9 Å². The number of aryl methyl sites for hydroxylation is 2. The van der Waals surface area contributed by atoms with Gasteiger partial charge in [-0.25, -0.2) is 0 Å². The maximum absolute atomic E-state index is 13.2. The van der Waals surface area contributed by atoms with Crippen LogP contribution in [0.4, 0.5) is 5.69 Å². The number of nitrogens with zero attached hydrogens (tertiary/aromatic N) is 7. The lowest BCUT2D eigenvalue weighted by Crippen LogP contribution is -2.55. The molecule has 4 aromatic rings. The molecule has 0 aliphatic carbocycles. The number of likely N-dealkylation sites (tertiary alicyclic amines) is 1. The third kappa shape index (κ3) is 10.0. The summed E-state index contributed by atoms with van der Waals surface area (Å²) >= 11 is 20.0. The lowest BCUT2D eigenvalue weighted by molar-refractivity contribution is -0.126. The third-order valence-corrected chi connectivity index (χ3v) is 12.0. The van der Waals surface area contributed by atoms with Gasteiger partial charge >= 0.3 is 0 Å². The molecule has 2 N–H and O–H groups in total. The fourth-order valence-electron chi connectivity index (χ4n) is 6.78. The molecule has 14 nitrogen and oxygen atoms in total. The molecule has 2 aromatic heterocycles. The summed E-state index contributed by atoms with van der Waals surface area (Å²) in [5, 5.41) is 23.6. The quantitative estimate of drug-likeness (QED) is 0.136. The summed E-state index contributed by atoms with van der Waals surface area (Å²) in [5.41, 5.74) is 4.70. The van der Waals surface area contributed by atoms with Gasteiger partial charge in [0.2, 0.25) is 11.8 Å². The van der Waals surface area contributed by atoms with Gasteiger partial charge < -0.3 is 24.8 Å². The molecule has 302 valence electrons. The van der Waals surface area contributed by atoms with Crippen LogP contribution in [0.3, 0.4) is 0 Å². The Morgan fingerprint density at radius 2 is 1.67 bits per heavy atom. The van der Waals surface area contributed by atoms with Crippen molar-refractivity contribution in [2.24, 2.45) is 10.1 Å². The van der Waals surface area contributed by atoms with Crippen LogP contribution in [0.5, 0.6) is 0 Å². The molecule has 2 aromatic carbocycles. The number of rotatable bonds is 16. The SMILES string of the molecule is Cc1sc2c(c1C)C(c1ccc(Cl)cc1)=N[C@@H](CC(=O)NCCOCCOCCOC1CN(CC(=O)NC3=NN(c4ccc(Cl)c(Cl)c4)CC3)C1)c1nnc(C)n1-2. The van der Waals surface area contributed by atoms with E-state index in [2.05, 4.69) is 39.8 Å². The topological polar surface area (TPSA) is 148 Å². The van der Waals surface area contributed by atoms with E-state index in [0.29, 0.717) is 92.4 Å². The monoisotopic (exact) mass is 855 g/mol. The molecular weight excluding hydrogens is 813 g/mol. The van der Waals surface area contributed by atoms with Crippen LogP contribution < -0.4 is 15.6 Å². The van der Waals surface area contributed by atoms with Crippen LogP contribution in [0.25, 0.3) is 5.00 Å². The molecule has 3 aliphatic rings. The van der Waals surface area contributed by atoms with Crippen molar-refractivity contribution in [3.05, 3.63) is 90.7 Å². The number of thiophene rings is 1. The number of fused-ring (bicyclic) bond motifs is 3. The third-order valence-electron chi connectivity index (χ3n) is 9.84. The number of amides is 2. The van der Waals surface area contributed by atoms with Gasteiger partial charge in [0.25, 0.3) is 0 Å². The van der Waals surface area contributed by atoms with E-state index in [4.69, 9.17) is 54.0 Å². The molecule has 1 atom stereocenters. The van der Waals surface area contributed by atoms with Crippen LogP contribution in [-0.2, 0) is 23.8 Å². The highest BCUT2D eigenvalue weighted by Crippen LogP contribution is 2.39. The van der Waals surface area contributed by atoms with Crippen LogP contribution in [-0.4, -0.2) is 115 Å². The predicted molar refractivity (Wildman–Crippen MR) is 223 cm³/mol. The van der Waals surface area contributed by atoms with Crippen LogP contribution in [0, 0.1) is 20.8 Å². The molecule has 1 saturated heterocycles. The van der Waals surface area contributed by atoms with Gasteiger partial charge in [-0.05, 0) is 56.7 Å². The molecule has 18 heteroatoms.